The zero-order valence-electron chi connectivity index (χ0n) is 4.77. The lowest BCUT2D eigenvalue weighted by Crippen LogP contribution is -2.15. The molecule has 5 heteroatoms. The summed E-state index contributed by atoms with van der Waals surface area (Å²) in [6, 6.07) is 2.57. The van der Waals surface area contributed by atoms with Crippen LogP contribution in [0.4, 0.5) is 0 Å². The molecule has 0 aliphatic carbocycles. The molecule has 0 spiro atoms. The maximum absolute atomic E-state index is 10.3. The molecule has 1 atom stereocenters. The van der Waals surface area contributed by atoms with E-state index in [1.165, 1.54) is 12.1 Å². The predicted molar refractivity (Wildman–Crippen MR) is 32.6 cm³/mol. The van der Waals surface area contributed by atoms with E-state index < -0.39 is 13.2 Å². The van der Waals surface area contributed by atoms with E-state index >= 15 is 0 Å². The first-order valence-electron chi connectivity index (χ1n) is 2.09. The second kappa shape index (κ2) is 2.95. The molecule has 0 radical (unpaired) electrons. The zero-order chi connectivity index (χ0) is 8.20. The first-order valence-corrected chi connectivity index (χ1v) is 3.30. The summed E-state index contributed by atoms with van der Waals surface area (Å²) in [6.07, 6.45) is 4.69. The molecule has 0 amide bonds. The van der Waals surface area contributed by atoms with Crippen molar-refractivity contribution < 1.29 is 9.46 Å². The number of terminal acetylenes is 1. The van der Waals surface area contributed by atoms with E-state index in [1.807, 2.05) is 0 Å². The van der Waals surface area contributed by atoms with Gasteiger partial charge in [-0.15, -0.1) is 6.42 Å². The Morgan fingerprint density at radius 3 is 1.90 bits per heavy atom. The molecule has 0 aliphatic rings. The molecule has 1 N–H and O–H groups in total. The number of rotatable bonds is 1. The lowest BCUT2D eigenvalue weighted by Gasteiger charge is -1.88. The topological polar surface area (TPSA) is 84.9 Å². The average Bonchev–Trinajstić information content (AvgIpc) is 1.92. The van der Waals surface area contributed by atoms with E-state index in [0.29, 0.717) is 0 Å². The summed E-state index contributed by atoms with van der Waals surface area (Å²) < 4.78 is 10.3. The Balaban J connectivity index is 5.00. The van der Waals surface area contributed by atoms with Crippen molar-refractivity contribution in [3.8, 4) is 24.5 Å². The first kappa shape index (κ1) is 8.60. The number of hydrogen-bond acceptors (Lipinski definition) is 3. The van der Waals surface area contributed by atoms with E-state index in [1.54, 1.807) is 5.92 Å². The van der Waals surface area contributed by atoms with E-state index in [2.05, 4.69) is 0 Å². The van der Waals surface area contributed by atoms with Crippen LogP contribution in [0.5, 0.6) is 0 Å². The third-order valence-corrected chi connectivity index (χ3v) is 1.72. The third kappa shape index (κ3) is 1.12. The fourth-order valence-electron chi connectivity index (χ4n) is 0.230. The summed E-state index contributed by atoms with van der Waals surface area (Å²) in [7, 11) is -2.96. The highest BCUT2D eigenvalue weighted by Gasteiger charge is 2.49. The summed E-state index contributed by atoms with van der Waals surface area (Å²) in [5, 5.41) is 14.2. The number of nitrogens with zero attached hydrogens (tertiary/aromatic N) is 2. The molecule has 0 aromatic rings. The molecular formula is C5H2N2O2P+. The van der Waals surface area contributed by atoms with Crippen molar-refractivity contribution in [1.82, 2.24) is 0 Å². The molecule has 0 saturated carbocycles. The molecule has 10 heavy (non-hydrogen) atoms. The van der Waals surface area contributed by atoms with Gasteiger partial charge in [0.15, 0.2) is 12.1 Å². The van der Waals surface area contributed by atoms with Crippen LogP contribution < -0.4 is 0 Å². The van der Waals surface area contributed by atoms with Crippen LogP contribution in [0.2, 0.25) is 0 Å². The van der Waals surface area contributed by atoms with Gasteiger partial charge in [-0.1, -0.05) is 0 Å². The maximum Gasteiger partial charge on any atom is 0.557 e. The quantitative estimate of drug-likeness (QED) is 0.428. The van der Waals surface area contributed by atoms with Gasteiger partial charge in [0.05, 0.1) is 0 Å². The van der Waals surface area contributed by atoms with Gasteiger partial charge in [-0.3, -0.25) is 0 Å². The van der Waals surface area contributed by atoms with E-state index in [4.69, 9.17) is 21.8 Å². The minimum atomic E-state index is -2.96. The Hall–Kier alpha value is -1.40. The monoisotopic (exact) mass is 153 g/mol. The van der Waals surface area contributed by atoms with Crippen LogP contribution in [-0.4, -0.2) is 10.0 Å². The third-order valence-electron chi connectivity index (χ3n) is 0.819. The van der Waals surface area contributed by atoms with Crippen LogP contribution in [0.1, 0.15) is 0 Å². The van der Waals surface area contributed by atoms with Crippen molar-refractivity contribution >= 4 is 8.03 Å². The van der Waals surface area contributed by atoms with Crippen molar-refractivity contribution in [3.05, 3.63) is 0 Å². The van der Waals surface area contributed by atoms with Gasteiger partial charge < -0.3 is 0 Å². The molecule has 0 rings (SSSR count). The molecule has 4 nitrogen and oxygen atoms in total. The number of nitriles is 2. The smallest absolute Gasteiger partial charge is 0.190 e. The first-order chi connectivity index (χ1) is 4.63. The SMILES string of the molecule is C#CC(C#N)(C#N)[P+](=O)O. The van der Waals surface area contributed by atoms with Gasteiger partial charge in [-0.25, -0.2) is 0 Å². The average molecular weight is 153 g/mol. The van der Waals surface area contributed by atoms with Crippen LogP contribution in [0, 0.1) is 35.0 Å². The molecular weight excluding hydrogens is 151 g/mol. The van der Waals surface area contributed by atoms with E-state index in [0.717, 1.165) is 0 Å². The van der Waals surface area contributed by atoms with Crippen molar-refractivity contribution in [2.45, 2.75) is 5.16 Å². The summed E-state index contributed by atoms with van der Waals surface area (Å²) in [5.74, 6) is 1.66. The Kier molecular flexibility index (Phi) is 2.53. The molecule has 0 aromatic carbocycles. The lowest BCUT2D eigenvalue weighted by molar-refractivity contribution is 0.496. The van der Waals surface area contributed by atoms with Gasteiger partial charge >= 0.3 is 13.2 Å². The van der Waals surface area contributed by atoms with Crippen molar-refractivity contribution in [2.75, 3.05) is 0 Å². The number of hydrogen-bond donors (Lipinski definition) is 1. The summed E-state index contributed by atoms with van der Waals surface area (Å²) in [5.41, 5.74) is 0. The molecule has 0 aromatic heterocycles. The minimum Gasteiger partial charge on any atom is -0.190 e. The van der Waals surface area contributed by atoms with Crippen LogP contribution in [0.25, 0.3) is 0 Å². The normalized spacial score (nSPS) is 10.4. The Labute approximate surface area is 58.6 Å². The second-order valence-corrected chi connectivity index (χ2v) is 2.57. The van der Waals surface area contributed by atoms with Gasteiger partial charge in [0.25, 0.3) is 0 Å². The zero-order valence-corrected chi connectivity index (χ0v) is 5.67. The molecule has 0 aliphatic heterocycles. The Morgan fingerprint density at radius 2 is 1.90 bits per heavy atom. The minimum absolute atomic E-state index is 1.28. The fourth-order valence-corrected chi connectivity index (χ4v) is 0.512. The van der Waals surface area contributed by atoms with Gasteiger partial charge in [0.1, 0.15) is 0 Å². The largest absolute Gasteiger partial charge is 0.557 e. The summed E-state index contributed by atoms with van der Waals surface area (Å²) in [6.45, 7) is 0. The van der Waals surface area contributed by atoms with Gasteiger partial charge in [-0.05, 0) is 10.5 Å². The molecule has 1 unspecified atom stereocenters. The maximum atomic E-state index is 10.3. The standard InChI is InChI=1S/C5HN2O2P/c1-2-5(3-6,4-7)10(8)9/h1H/p+1. The molecule has 0 fully saturated rings. The predicted octanol–water partition coefficient (Wildman–Crippen LogP) is 0.140. The van der Waals surface area contributed by atoms with Crippen molar-refractivity contribution in [3.63, 3.8) is 0 Å². The van der Waals surface area contributed by atoms with Crippen LogP contribution in [0.3, 0.4) is 0 Å². The second-order valence-electron chi connectivity index (χ2n) is 1.35. The summed E-state index contributed by atoms with van der Waals surface area (Å²) in [4.78, 5) is 8.38. The van der Waals surface area contributed by atoms with Gasteiger partial charge in [0.2, 0.25) is 0 Å². The van der Waals surface area contributed by atoms with Crippen LogP contribution in [-0.2, 0) is 4.57 Å². The Morgan fingerprint density at radius 1 is 1.50 bits per heavy atom. The highest BCUT2D eigenvalue weighted by Crippen LogP contribution is 2.32. The van der Waals surface area contributed by atoms with E-state index in [9.17, 15) is 4.57 Å². The lowest BCUT2D eigenvalue weighted by atomic mass is 10.2. The van der Waals surface area contributed by atoms with Crippen LogP contribution in [0.15, 0.2) is 0 Å². The molecule has 0 heterocycles. The van der Waals surface area contributed by atoms with E-state index in [-0.39, 0.29) is 0 Å². The highest BCUT2D eigenvalue weighted by molar-refractivity contribution is 7.41. The van der Waals surface area contributed by atoms with Gasteiger partial charge in [-0.2, -0.15) is 15.4 Å². The highest BCUT2D eigenvalue weighted by atomic mass is 31.1. The van der Waals surface area contributed by atoms with Crippen molar-refractivity contribution in [1.29, 1.82) is 10.5 Å². The Bertz CT molecular complexity index is 241. The van der Waals surface area contributed by atoms with Gasteiger partial charge in [0, 0.05) is 0 Å². The summed E-state index contributed by atoms with van der Waals surface area (Å²) >= 11 is 0. The van der Waals surface area contributed by atoms with Crippen molar-refractivity contribution in [2.24, 2.45) is 0 Å². The molecule has 0 saturated heterocycles. The molecule has 0 bridgehead atoms. The molecule has 48 valence electrons. The fraction of sp³-hybridized carbons (Fsp3) is 0.200. The van der Waals surface area contributed by atoms with Crippen LogP contribution >= 0.6 is 8.03 Å².